The highest BCUT2D eigenvalue weighted by Gasteiger charge is 2.65. The van der Waals surface area contributed by atoms with Gasteiger partial charge < -0.3 is 0 Å². The maximum atomic E-state index is 11.8. The molecular formula is C12H13N2O9S+. The Labute approximate surface area is 135 Å². The molecule has 130 valence electrons. The van der Waals surface area contributed by atoms with Crippen molar-refractivity contribution in [2.24, 2.45) is 0 Å². The minimum absolute atomic E-state index is 0.0775. The SMILES string of the molecule is O=C(CCCN1C(=O)C=CC1=O)O[N+]1(S(=O)(=O)O)C(=O)CCC1=O. The summed E-state index contributed by atoms with van der Waals surface area (Å²) in [6.45, 7) is -0.131. The van der Waals surface area contributed by atoms with Gasteiger partial charge in [0.1, 0.15) is 4.05 Å². The van der Waals surface area contributed by atoms with E-state index in [0.717, 1.165) is 17.1 Å². The van der Waals surface area contributed by atoms with Gasteiger partial charge in [-0.15, -0.1) is 8.42 Å². The molecule has 0 bridgehead atoms. The molecule has 1 fully saturated rings. The van der Waals surface area contributed by atoms with Gasteiger partial charge in [0, 0.05) is 18.7 Å². The van der Waals surface area contributed by atoms with Crippen LogP contribution in [0.4, 0.5) is 0 Å². The van der Waals surface area contributed by atoms with Gasteiger partial charge in [0.15, 0.2) is 0 Å². The molecule has 0 unspecified atom stereocenters. The van der Waals surface area contributed by atoms with Crippen LogP contribution in [-0.2, 0) is 39.1 Å². The minimum Gasteiger partial charge on any atom is -0.275 e. The number of quaternary nitrogens is 1. The molecule has 0 aliphatic carbocycles. The molecule has 0 saturated carbocycles. The summed E-state index contributed by atoms with van der Waals surface area (Å²) in [7, 11) is -5.35. The first kappa shape index (κ1) is 17.9. The van der Waals surface area contributed by atoms with Gasteiger partial charge in [-0.1, -0.05) is 0 Å². The van der Waals surface area contributed by atoms with E-state index in [4.69, 9.17) is 4.55 Å². The smallest absolute Gasteiger partial charge is 0.275 e. The summed E-state index contributed by atoms with van der Waals surface area (Å²) in [5, 5.41) is 0. The summed E-state index contributed by atoms with van der Waals surface area (Å²) in [6.07, 6.45) is 0.573. The van der Waals surface area contributed by atoms with Crippen LogP contribution in [0.3, 0.4) is 0 Å². The first-order chi connectivity index (χ1) is 11.1. The molecule has 12 heteroatoms. The largest absolute Gasteiger partial charge is 0.488 e. The number of hydrogen-bond donors (Lipinski definition) is 1. The zero-order valence-corrected chi connectivity index (χ0v) is 13.0. The quantitative estimate of drug-likeness (QED) is 0.342. The third-order valence-electron chi connectivity index (χ3n) is 3.43. The van der Waals surface area contributed by atoms with Crippen molar-refractivity contribution >= 4 is 39.9 Å². The summed E-state index contributed by atoms with van der Waals surface area (Å²) in [6, 6.07) is 0. The molecule has 0 radical (unpaired) electrons. The monoisotopic (exact) mass is 361 g/mol. The summed E-state index contributed by atoms with van der Waals surface area (Å²) in [4.78, 5) is 63.1. The maximum absolute atomic E-state index is 11.8. The standard InChI is InChI=1S/C12H12N2O9S/c15-8-3-4-9(16)13(8)7-1-2-12(19)23-14(24(20,21)22)10(17)5-6-11(14)18/h3-4H,1-2,5-7H2/p+1. The Kier molecular flexibility index (Phi) is 4.64. The molecule has 11 nitrogen and oxygen atoms in total. The molecule has 1 N–H and O–H groups in total. The van der Waals surface area contributed by atoms with Crippen molar-refractivity contribution in [3.05, 3.63) is 12.2 Å². The molecule has 2 aliphatic rings. The second kappa shape index (κ2) is 6.22. The molecule has 24 heavy (non-hydrogen) atoms. The molecule has 4 amide bonds. The highest BCUT2D eigenvalue weighted by Crippen LogP contribution is 2.28. The first-order valence-corrected chi connectivity index (χ1v) is 8.18. The van der Waals surface area contributed by atoms with E-state index >= 15 is 0 Å². The van der Waals surface area contributed by atoms with Crippen molar-refractivity contribution < 1.29 is 45.8 Å². The molecule has 2 heterocycles. The van der Waals surface area contributed by atoms with E-state index in [1.54, 1.807) is 0 Å². The van der Waals surface area contributed by atoms with Crippen LogP contribution in [0.1, 0.15) is 25.7 Å². The molecule has 1 saturated heterocycles. The third-order valence-corrected chi connectivity index (χ3v) is 4.56. The van der Waals surface area contributed by atoms with Crippen molar-refractivity contribution in [2.45, 2.75) is 25.7 Å². The van der Waals surface area contributed by atoms with Crippen LogP contribution in [0.5, 0.6) is 0 Å². The Morgan fingerprint density at radius 3 is 2.08 bits per heavy atom. The molecule has 0 aromatic heterocycles. The van der Waals surface area contributed by atoms with Gasteiger partial charge in [-0.3, -0.25) is 14.5 Å². The molecule has 2 rings (SSSR count). The van der Waals surface area contributed by atoms with E-state index in [2.05, 4.69) is 4.84 Å². The van der Waals surface area contributed by atoms with E-state index < -0.39 is 63.2 Å². The summed E-state index contributed by atoms with van der Waals surface area (Å²) in [5.41, 5.74) is 0. The Morgan fingerprint density at radius 1 is 1.12 bits per heavy atom. The number of carbonyl (C=O) groups is 5. The van der Waals surface area contributed by atoms with Gasteiger partial charge in [0.05, 0.1) is 19.3 Å². The van der Waals surface area contributed by atoms with E-state index in [1.165, 1.54) is 0 Å². The number of carbonyl (C=O) groups excluding carboxylic acids is 5. The Balaban J connectivity index is 2.00. The predicted molar refractivity (Wildman–Crippen MR) is 72.2 cm³/mol. The number of amides is 4. The van der Waals surface area contributed by atoms with Crippen molar-refractivity contribution in [1.29, 1.82) is 0 Å². The Bertz CT molecular complexity index is 733. The van der Waals surface area contributed by atoms with E-state index in [-0.39, 0.29) is 13.0 Å². The van der Waals surface area contributed by atoms with Crippen LogP contribution < -0.4 is 0 Å². The fourth-order valence-corrected chi connectivity index (χ4v) is 3.15. The van der Waals surface area contributed by atoms with Crippen LogP contribution in [0, 0.1) is 0 Å². The predicted octanol–water partition coefficient (Wildman–Crippen LogP) is -1.38. The van der Waals surface area contributed by atoms with Crippen LogP contribution in [-0.4, -0.2) is 58.1 Å². The fourth-order valence-electron chi connectivity index (χ4n) is 2.28. The van der Waals surface area contributed by atoms with Crippen LogP contribution in [0.15, 0.2) is 12.2 Å². The second-order valence-corrected chi connectivity index (χ2v) is 6.42. The zero-order chi connectivity index (χ0) is 18.1. The van der Waals surface area contributed by atoms with Crippen molar-refractivity contribution in [3.8, 4) is 0 Å². The first-order valence-electron chi connectivity index (χ1n) is 6.79. The summed E-state index contributed by atoms with van der Waals surface area (Å²) < 4.78 is 29.5. The lowest BCUT2D eigenvalue weighted by molar-refractivity contribution is -0.853. The molecule has 0 atom stereocenters. The lowest BCUT2D eigenvalue weighted by Crippen LogP contribution is -2.57. The van der Waals surface area contributed by atoms with Crippen molar-refractivity contribution in [1.82, 2.24) is 4.90 Å². The zero-order valence-electron chi connectivity index (χ0n) is 12.2. The van der Waals surface area contributed by atoms with Gasteiger partial charge >= 0.3 is 28.1 Å². The van der Waals surface area contributed by atoms with Gasteiger partial charge in [0.2, 0.25) is 0 Å². The normalized spacial score (nSPS) is 20.1. The van der Waals surface area contributed by atoms with Gasteiger partial charge in [0.25, 0.3) is 11.8 Å². The fraction of sp³-hybridized carbons (Fsp3) is 0.417. The lowest BCUT2D eigenvalue weighted by atomic mass is 10.3. The molecule has 0 spiro atoms. The Morgan fingerprint density at radius 2 is 1.62 bits per heavy atom. The maximum Gasteiger partial charge on any atom is 0.488 e. The summed E-state index contributed by atoms with van der Waals surface area (Å²) in [5.74, 6) is -4.91. The van der Waals surface area contributed by atoms with Crippen LogP contribution >= 0.6 is 0 Å². The number of rotatable bonds is 6. The second-order valence-electron chi connectivity index (χ2n) is 5.02. The van der Waals surface area contributed by atoms with Gasteiger partial charge in [-0.25, -0.2) is 23.8 Å². The molecule has 0 aromatic rings. The van der Waals surface area contributed by atoms with E-state index in [9.17, 15) is 32.4 Å². The summed E-state index contributed by atoms with van der Waals surface area (Å²) >= 11 is 0. The topological polar surface area (TPSA) is 152 Å². The molecule has 0 aromatic carbocycles. The molecular weight excluding hydrogens is 348 g/mol. The van der Waals surface area contributed by atoms with E-state index in [1.807, 2.05) is 0 Å². The van der Waals surface area contributed by atoms with Gasteiger partial charge in [-0.05, 0) is 6.42 Å². The lowest BCUT2D eigenvalue weighted by Gasteiger charge is -2.20. The number of imide groups is 2. The number of nitrogens with zero attached hydrogens (tertiary/aromatic N) is 2. The molecule has 2 aliphatic heterocycles. The average Bonchev–Trinajstić information content (AvgIpc) is 2.94. The van der Waals surface area contributed by atoms with Crippen LogP contribution in [0.2, 0.25) is 0 Å². The van der Waals surface area contributed by atoms with Crippen molar-refractivity contribution in [3.63, 3.8) is 0 Å². The van der Waals surface area contributed by atoms with Crippen molar-refractivity contribution in [2.75, 3.05) is 6.54 Å². The average molecular weight is 361 g/mol. The van der Waals surface area contributed by atoms with E-state index in [0.29, 0.717) is 0 Å². The Hall–Kier alpha value is -2.44. The van der Waals surface area contributed by atoms with Crippen LogP contribution in [0.25, 0.3) is 0 Å². The highest BCUT2D eigenvalue weighted by molar-refractivity contribution is 7.80. The number of hydrogen-bond acceptors (Lipinski definition) is 8. The number of hydroxylamine groups is 2. The van der Waals surface area contributed by atoms with Gasteiger partial charge in [-0.2, -0.15) is 0 Å². The highest BCUT2D eigenvalue weighted by atomic mass is 32.2. The third kappa shape index (κ3) is 2.98. The minimum atomic E-state index is -5.35.